The third kappa shape index (κ3) is 3.97. The fourth-order valence-corrected chi connectivity index (χ4v) is 9.35. The van der Waals surface area contributed by atoms with Crippen molar-refractivity contribution < 1.29 is 8.83 Å². The summed E-state index contributed by atoms with van der Waals surface area (Å²) in [5.41, 5.74) is 14.3. The molecule has 54 heavy (non-hydrogen) atoms. The minimum atomic E-state index is 0.617. The normalized spacial score (nSPS) is 12.2. The lowest BCUT2D eigenvalue weighted by atomic mass is 9.96. The molecule has 4 nitrogen and oxygen atoms in total. The minimum Gasteiger partial charge on any atom is -0.456 e. The lowest BCUT2D eigenvalue weighted by molar-refractivity contribution is 0.659. The topological polar surface area (TPSA) is 36.1 Å². The maximum Gasteiger partial charge on any atom is 0.142 e. The second-order valence-corrected chi connectivity index (χ2v) is 14.4. The van der Waals surface area contributed by atoms with Crippen LogP contribution in [0.5, 0.6) is 0 Å². The molecule has 0 aliphatic heterocycles. The Morgan fingerprint density at radius 3 is 1.83 bits per heavy atom. The van der Waals surface area contributed by atoms with Crippen LogP contribution in [0.15, 0.2) is 173 Å². The van der Waals surface area contributed by atoms with Crippen molar-refractivity contribution in [2.75, 3.05) is 0 Å². The molecule has 0 aliphatic rings. The molecule has 12 rings (SSSR count). The van der Waals surface area contributed by atoms with Gasteiger partial charge in [-0.3, -0.25) is 0 Å². The van der Waals surface area contributed by atoms with Crippen LogP contribution in [0.2, 0.25) is 0 Å². The molecule has 0 atom stereocenters. The highest BCUT2D eigenvalue weighted by Gasteiger charge is 2.25. The van der Waals surface area contributed by atoms with E-state index in [1.807, 2.05) is 6.07 Å². The third-order valence-electron chi connectivity index (χ3n) is 11.6. The molecular formula is C50H32N2O2. The molecule has 0 radical (unpaired) electrons. The van der Waals surface area contributed by atoms with E-state index < -0.39 is 0 Å². The smallest absolute Gasteiger partial charge is 0.142 e. The molecule has 4 aromatic heterocycles. The van der Waals surface area contributed by atoms with E-state index in [-0.39, 0.29) is 0 Å². The Morgan fingerprint density at radius 2 is 1.06 bits per heavy atom. The summed E-state index contributed by atoms with van der Waals surface area (Å²) >= 11 is 0. The second kappa shape index (κ2) is 11.0. The number of fused-ring (bicyclic) bond motifs is 13. The third-order valence-corrected chi connectivity index (χ3v) is 11.6. The summed E-state index contributed by atoms with van der Waals surface area (Å²) in [5.74, 6) is 0. The Labute approximate surface area is 309 Å². The van der Waals surface area contributed by atoms with Crippen molar-refractivity contribution in [1.29, 1.82) is 0 Å². The summed E-state index contributed by atoms with van der Waals surface area (Å²) in [6, 6.07) is 58.5. The van der Waals surface area contributed by atoms with Gasteiger partial charge in [0.15, 0.2) is 0 Å². The summed E-state index contributed by atoms with van der Waals surface area (Å²) in [4.78, 5) is 0. The summed E-state index contributed by atoms with van der Waals surface area (Å²) in [6.07, 6.45) is 0. The fourth-order valence-electron chi connectivity index (χ4n) is 9.35. The Morgan fingerprint density at radius 1 is 0.444 bits per heavy atom. The number of aromatic nitrogens is 2. The van der Waals surface area contributed by atoms with E-state index in [1.165, 1.54) is 60.3 Å². The monoisotopic (exact) mass is 692 g/mol. The zero-order chi connectivity index (χ0) is 35.5. The number of furan rings is 2. The molecule has 0 fully saturated rings. The lowest BCUT2D eigenvalue weighted by Gasteiger charge is -2.14. The van der Waals surface area contributed by atoms with Gasteiger partial charge in [-0.15, -0.1) is 0 Å². The molecule has 4 heterocycles. The van der Waals surface area contributed by atoms with Crippen molar-refractivity contribution in [3.63, 3.8) is 0 Å². The van der Waals surface area contributed by atoms with Crippen LogP contribution < -0.4 is 0 Å². The van der Waals surface area contributed by atoms with Gasteiger partial charge >= 0.3 is 0 Å². The van der Waals surface area contributed by atoms with Crippen molar-refractivity contribution in [3.05, 3.63) is 169 Å². The van der Waals surface area contributed by atoms with Crippen molar-refractivity contribution in [2.45, 2.75) is 6.54 Å². The molecule has 254 valence electrons. The van der Waals surface area contributed by atoms with Gasteiger partial charge in [0, 0.05) is 67.0 Å². The first-order valence-electron chi connectivity index (χ1n) is 18.5. The number of nitrogens with zero attached hydrogens (tertiary/aromatic N) is 2. The van der Waals surface area contributed by atoms with Gasteiger partial charge in [-0.05, 0) is 41.5 Å². The Bertz CT molecular complexity index is 3470. The van der Waals surface area contributed by atoms with Gasteiger partial charge in [0.2, 0.25) is 0 Å². The molecule has 0 amide bonds. The molecular weight excluding hydrogens is 661 g/mol. The number of benzene rings is 8. The lowest BCUT2D eigenvalue weighted by Crippen LogP contribution is -2.02. The summed E-state index contributed by atoms with van der Waals surface area (Å²) in [6.45, 7) is 0.617. The quantitative estimate of drug-likeness (QED) is 0.184. The Balaban J connectivity index is 1.23. The highest BCUT2D eigenvalue weighted by atomic mass is 16.3. The molecule has 0 saturated heterocycles. The number of aryl methyl sites for hydroxylation is 1. The number of para-hydroxylation sites is 4. The molecule has 0 N–H and O–H groups in total. The second-order valence-electron chi connectivity index (χ2n) is 14.4. The standard InChI is InChI=1S/C50H32N2O2/c1-51-47-33(30-15-4-2-5-16-30)22-14-23-35(47)38-27-32(50-46(48(38)51)37-21-10-13-26-42(37)54-50)29-52-40-24-11-8-19-34(40)39-28-43-45(36-20-9-12-25-41(36)53-43)44(49(39)52)31-17-6-3-7-18-31/h2-28H,29H2,1H3. The van der Waals surface area contributed by atoms with E-state index in [2.05, 4.69) is 174 Å². The van der Waals surface area contributed by atoms with E-state index in [1.54, 1.807) is 0 Å². The van der Waals surface area contributed by atoms with E-state index in [9.17, 15) is 0 Å². The molecule has 0 spiro atoms. The number of hydrogen-bond acceptors (Lipinski definition) is 2. The van der Waals surface area contributed by atoms with Crippen LogP contribution in [0.3, 0.4) is 0 Å². The van der Waals surface area contributed by atoms with Crippen LogP contribution in [-0.2, 0) is 13.6 Å². The molecule has 4 heteroatoms. The van der Waals surface area contributed by atoms with Crippen molar-refractivity contribution >= 4 is 87.5 Å². The largest absolute Gasteiger partial charge is 0.456 e. The van der Waals surface area contributed by atoms with Gasteiger partial charge in [-0.2, -0.15) is 0 Å². The van der Waals surface area contributed by atoms with Crippen molar-refractivity contribution in [1.82, 2.24) is 9.13 Å². The van der Waals surface area contributed by atoms with Gasteiger partial charge in [0.25, 0.3) is 0 Å². The molecule has 12 aromatic rings. The highest BCUT2D eigenvalue weighted by molar-refractivity contribution is 6.27. The van der Waals surface area contributed by atoms with Gasteiger partial charge in [-0.25, -0.2) is 0 Å². The predicted molar refractivity (Wildman–Crippen MR) is 224 cm³/mol. The molecule has 0 aliphatic carbocycles. The van der Waals surface area contributed by atoms with E-state index in [0.29, 0.717) is 6.54 Å². The average molecular weight is 693 g/mol. The summed E-state index contributed by atoms with van der Waals surface area (Å²) in [5, 5.41) is 9.39. The zero-order valence-corrected chi connectivity index (χ0v) is 29.5. The van der Waals surface area contributed by atoms with Crippen LogP contribution in [0.1, 0.15) is 5.56 Å². The van der Waals surface area contributed by atoms with Crippen LogP contribution >= 0.6 is 0 Å². The molecule has 0 bridgehead atoms. The van der Waals surface area contributed by atoms with Gasteiger partial charge in [0.1, 0.15) is 22.3 Å². The Kier molecular flexibility index (Phi) is 6.01. The van der Waals surface area contributed by atoms with Gasteiger partial charge in [0.05, 0.1) is 28.5 Å². The maximum atomic E-state index is 6.92. The van der Waals surface area contributed by atoms with E-state index >= 15 is 0 Å². The zero-order valence-electron chi connectivity index (χ0n) is 29.5. The molecule has 0 unspecified atom stereocenters. The fraction of sp³-hybridized carbons (Fsp3) is 0.0400. The SMILES string of the molecule is Cn1c2c(-c3ccccc3)cccc2c2cc(Cn3c4ccccc4c4cc5oc6ccccc6c5c(-c5ccccc5)c43)c3oc4ccccc4c3c21. The van der Waals surface area contributed by atoms with Gasteiger partial charge < -0.3 is 18.0 Å². The first-order chi connectivity index (χ1) is 26.7. The first kappa shape index (κ1) is 29.5. The first-order valence-corrected chi connectivity index (χ1v) is 18.5. The van der Waals surface area contributed by atoms with Crippen molar-refractivity contribution in [3.8, 4) is 22.3 Å². The number of hydrogen-bond donors (Lipinski definition) is 0. The maximum absolute atomic E-state index is 6.92. The van der Waals surface area contributed by atoms with Crippen LogP contribution in [0, 0.1) is 0 Å². The van der Waals surface area contributed by atoms with Gasteiger partial charge in [-0.1, -0.05) is 133 Å². The summed E-state index contributed by atoms with van der Waals surface area (Å²) in [7, 11) is 2.21. The Hall–Kier alpha value is -7.04. The minimum absolute atomic E-state index is 0.617. The predicted octanol–water partition coefficient (Wildman–Crippen LogP) is 13.6. The highest BCUT2D eigenvalue weighted by Crippen LogP contribution is 2.47. The van der Waals surface area contributed by atoms with E-state index in [4.69, 9.17) is 8.83 Å². The van der Waals surface area contributed by atoms with Crippen LogP contribution in [0.25, 0.3) is 110 Å². The van der Waals surface area contributed by atoms with E-state index in [0.717, 1.165) is 55.0 Å². The summed E-state index contributed by atoms with van der Waals surface area (Å²) < 4.78 is 18.4. The van der Waals surface area contributed by atoms with Crippen LogP contribution in [-0.4, -0.2) is 9.13 Å². The number of rotatable bonds is 4. The average Bonchev–Trinajstić information content (AvgIpc) is 3.96. The van der Waals surface area contributed by atoms with Crippen molar-refractivity contribution in [2.24, 2.45) is 7.05 Å². The molecule has 8 aromatic carbocycles. The molecule has 0 saturated carbocycles. The van der Waals surface area contributed by atoms with Crippen LogP contribution in [0.4, 0.5) is 0 Å².